The van der Waals surface area contributed by atoms with Crippen LogP contribution in [0.2, 0.25) is 0 Å². The molecule has 1 aliphatic heterocycles. The zero-order chi connectivity index (χ0) is 19.6. The smallest absolute Gasteiger partial charge is 0.422 e. The third kappa shape index (κ3) is 4.36. The summed E-state index contributed by atoms with van der Waals surface area (Å²) >= 11 is 0. The number of aromatic nitrogens is 1. The van der Waals surface area contributed by atoms with E-state index in [4.69, 9.17) is 0 Å². The predicted octanol–water partition coefficient (Wildman–Crippen LogP) is 3.18. The van der Waals surface area contributed by atoms with Crippen molar-refractivity contribution < 1.29 is 27.5 Å². The largest absolute Gasteiger partial charge is 0.467 e. The highest BCUT2D eigenvalue weighted by molar-refractivity contribution is 6.06. The highest BCUT2D eigenvalue weighted by Gasteiger charge is 2.29. The number of alkyl halides is 3. The van der Waals surface area contributed by atoms with Gasteiger partial charge in [-0.3, -0.25) is 9.59 Å². The second-order valence-corrected chi connectivity index (χ2v) is 5.98. The number of fused-ring (bicyclic) bond motifs is 1. The van der Waals surface area contributed by atoms with Crippen LogP contribution in [0, 0.1) is 0 Å². The molecule has 2 aromatic rings. The number of benzene rings is 1. The number of anilines is 2. The molecule has 0 bridgehead atoms. The lowest BCUT2D eigenvalue weighted by Gasteiger charge is -2.15. The third-order valence-corrected chi connectivity index (χ3v) is 4.00. The minimum absolute atomic E-state index is 0.0626. The molecule has 1 aliphatic rings. The number of nitrogens with one attached hydrogen (secondary N) is 1. The van der Waals surface area contributed by atoms with E-state index in [0.29, 0.717) is 18.7 Å². The number of nitrogens with zero attached hydrogens (tertiary/aromatic N) is 2. The number of ether oxygens (including phenoxy) is 1. The zero-order valence-electron chi connectivity index (χ0n) is 14.3. The van der Waals surface area contributed by atoms with Gasteiger partial charge in [-0.1, -0.05) is 0 Å². The number of hydrogen-bond acceptors (Lipinski definition) is 4. The number of halogens is 3. The van der Waals surface area contributed by atoms with Gasteiger partial charge in [0.15, 0.2) is 6.61 Å². The Morgan fingerprint density at radius 3 is 2.78 bits per heavy atom. The van der Waals surface area contributed by atoms with E-state index in [1.807, 2.05) is 0 Å². The molecule has 0 fully saturated rings. The van der Waals surface area contributed by atoms with Crippen LogP contribution in [0.5, 0.6) is 5.88 Å². The highest BCUT2D eigenvalue weighted by Crippen LogP contribution is 2.31. The molecule has 2 heterocycles. The number of carbonyl (C=O) groups is 2. The molecule has 0 saturated carbocycles. The Bertz CT molecular complexity index is 884. The van der Waals surface area contributed by atoms with Gasteiger partial charge in [-0.05, 0) is 42.3 Å². The van der Waals surface area contributed by atoms with Crippen LogP contribution in [0.15, 0.2) is 36.5 Å². The molecule has 0 aliphatic carbocycles. The van der Waals surface area contributed by atoms with Crippen LogP contribution in [-0.4, -0.2) is 36.1 Å². The van der Waals surface area contributed by atoms with E-state index >= 15 is 0 Å². The lowest BCUT2D eigenvalue weighted by molar-refractivity contribution is -0.154. The van der Waals surface area contributed by atoms with Crippen molar-refractivity contribution >= 4 is 23.2 Å². The van der Waals surface area contributed by atoms with Crippen molar-refractivity contribution in [2.45, 2.75) is 19.5 Å². The van der Waals surface area contributed by atoms with E-state index in [0.717, 1.165) is 11.3 Å². The molecule has 0 atom stereocenters. The van der Waals surface area contributed by atoms with Crippen molar-refractivity contribution in [3.05, 3.63) is 47.7 Å². The first kappa shape index (κ1) is 18.7. The molecule has 1 aromatic carbocycles. The molecule has 1 aromatic heterocycles. The Hall–Kier alpha value is -3.10. The van der Waals surface area contributed by atoms with Gasteiger partial charge in [-0.15, -0.1) is 0 Å². The maximum atomic E-state index is 12.5. The summed E-state index contributed by atoms with van der Waals surface area (Å²) in [4.78, 5) is 29.4. The minimum atomic E-state index is -4.53. The summed E-state index contributed by atoms with van der Waals surface area (Å²) in [6, 6.07) is 7.86. The fourth-order valence-electron chi connectivity index (χ4n) is 2.83. The van der Waals surface area contributed by atoms with Crippen LogP contribution >= 0.6 is 0 Å². The van der Waals surface area contributed by atoms with E-state index in [1.54, 1.807) is 23.1 Å². The molecule has 142 valence electrons. The second kappa shape index (κ2) is 7.26. The molecule has 2 amide bonds. The van der Waals surface area contributed by atoms with E-state index in [9.17, 15) is 22.8 Å². The molecular formula is C18H16F3N3O3. The van der Waals surface area contributed by atoms with E-state index in [1.165, 1.54) is 25.3 Å². The van der Waals surface area contributed by atoms with Crippen molar-refractivity contribution in [1.82, 2.24) is 4.98 Å². The van der Waals surface area contributed by atoms with Crippen LogP contribution in [0.3, 0.4) is 0 Å². The third-order valence-electron chi connectivity index (χ3n) is 4.00. The summed E-state index contributed by atoms with van der Waals surface area (Å²) in [6.07, 6.45) is -2.63. The van der Waals surface area contributed by atoms with Gasteiger partial charge in [0.2, 0.25) is 11.8 Å². The fourth-order valence-corrected chi connectivity index (χ4v) is 2.83. The summed E-state index contributed by atoms with van der Waals surface area (Å²) < 4.78 is 41.7. The van der Waals surface area contributed by atoms with Gasteiger partial charge in [0, 0.05) is 31.0 Å². The van der Waals surface area contributed by atoms with Crippen molar-refractivity contribution in [3.8, 4) is 5.88 Å². The number of amides is 2. The van der Waals surface area contributed by atoms with Gasteiger partial charge in [0.05, 0.1) is 0 Å². The standard InChI is InChI=1S/C18H16F3N3O3/c1-11(25)24-8-6-12-9-13(4-5-15(12)24)23-16(26)14-3-2-7-22-17(14)27-10-18(19,20)21/h2-5,7,9H,6,8,10H2,1H3,(H,23,26). The van der Waals surface area contributed by atoms with Crippen LogP contribution in [-0.2, 0) is 11.2 Å². The molecular weight excluding hydrogens is 363 g/mol. The second-order valence-electron chi connectivity index (χ2n) is 5.98. The minimum Gasteiger partial charge on any atom is -0.467 e. The van der Waals surface area contributed by atoms with Crippen molar-refractivity contribution in [2.75, 3.05) is 23.4 Å². The molecule has 0 radical (unpaired) electrons. The Morgan fingerprint density at radius 2 is 2.07 bits per heavy atom. The molecule has 1 N–H and O–H groups in total. The molecule has 3 rings (SSSR count). The molecule has 0 unspecified atom stereocenters. The topological polar surface area (TPSA) is 71.5 Å². The molecule has 27 heavy (non-hydrogen) atoms. The lowest BCUT2D eigenvalue weighted by atomic mass is 10.1. The number of carbonyl (C=O) groups excluding carboxylic acids is 2. The first-order valence-corrected chi connectivity index (χ1v) is 8.11. The van der Waals surface area contributed by atoms with E-state index < -0.39 is 24.6 Å². The lowest BCUT2D eigenvalue weighted by Crippen LogP contribution is -2.25. The Balaban J connectivity index is 1.76. The summed E-state index contributed by atoms with van der Waals surface area (Å²) in [6.45, 7) is 0.514. The molecule has 0 spiro atoms. The van der Waals surface area contributed by atoms with Gasteiger partial charge in [0.25, 0.3) is 5.91 Å². The molecule has 6 nitrogen and oxygen atoms in total. The fraction of sp³-hybridized carbons (Fsp3) is 0.278. The SMILES string of the molecule is CC(=O)N1CCc2cc(NC(=O)c3cccnc3OCC(F)(F)F)ccc21. The molecule has 0 saturated heterocycles. The van der Waals surface area contributed by atoms with Gasteiger partial charge in [0.1, 0.15) is 5.56 Å². The molecule has 9 heteroatoms. The van der Waals surface area contributed by atoms with Crippen LogP contribution in [0.4, 0.5) is 24.5 Å². The van der Waals surface area contributed by atoms with Crippen LogP contribution in [0.1, 0.15) is 22.8 Å². The van der Waals surface area contributed by atoms with E-state index in [-0.39, 0.29) is 11.5 Å². The summed E-state index contributed by atoms with van der Waals surface area (Å²) in [5.41, 5.74) is 2.06. The Kier molecular flexibility index (Phi) is 5.02. The quantitative estimate of drug-likeness (QED) is 0.886. The number of rotatable bonds is 4. The monoisotopic (exact) mass is 379 g/mol. The average molecular weight is 379 g/mol. The van der Waals surface area contributed by atoms with Crippen molar-refractivity contribution in [1.29, 1.82) is 0 Å². The summed E-state index contributed by atoms with van der Waals surface area (Å²) in [5, 5.41) is 2.63. The maximum absolute atomic E-state index is 12.5. The normalized spacial score (nSPS) is 13.3. The predicted molar refractivity (Wildman–Crippen MR) is 91.9 cm³/mol. The average Bonchev–Trinajstić information content (AvgIpc) is 3.03. The van der Waals surface area contributed by atoms with Gasteiger partial charge in [-0.25, -0.2) is 4.98 Å². The van der Waals surface area contributed by atoms with E-state index in [2.05, 4.69) is 15.0 Å². The van der Waals surface area contributed by atoms with Gasteiger partial charge >= 0.3 is 6.18 Å². The highest BCUT2D eigenvalue weighted by atomic mass is 19.4. The van der Waals surface area contributed by atoms with Gasteiger partial charge < -0.3 is 15.0 Å². The zero-order valence-corrected chi connectivity index (χ0v) is 14.3. The first-order chi connectivity index (χ1) is 12.7. The van der Waals surface area contributed by atoms with Crippen LogP contribution < -0.4 is 15.0 Å². The maximum Gasteiger partial charge on any atom is 0.422 e. The summed E-state index contributed by atoms with van der Waals surface area (Å²) in [5.74, 6) is -1.09. The number of pyridine rings is 1. The van der Waals surface area contributed by atoms with Gasteiger partial charge in [-0.2, -0.15) is 13.2 Å². The van der Waals surface area contributed by atoms with Crippen LogP contribution in [0.25, 0.3) is 0 Å². The Labute approximate surface area is 152 Å². The van der Waals surface area contributed by atoms with Crippen molar-refractivity contribution in [2.24, 2.45) is 0 Å². The first-order valence-electron chi connectivity index (χ1n) is 8.11. The Morgan fingerprint density at radius 1 is 1.30 bits per heavy atom. The van der Waals surface area contributed by atoms with Crippen molar-refractivity contribution in [3.63, 3.8) is 0 Å². The number of hydrogen-bond donors (Lipinski definition) is 1. The summed E-state index contributed by atoms with van der Waals surface area (Å²) in [7, 11) is 0.